The van der Waals surface area contributed by atoms with Crippen molar-refractivity contribution in [3.05, 3.63) is 35.6 Å². The van der Waals surface area contributed by atoms with E-state index in [-0.39, 0.29) is 36.6 Å². The molecule has 0 saturated heterocycles. The topological polar surface area (TPSA) is 58.2 Å². The van der Waals surface area contributed by atoms with E-state index in [2.05, 4.69) is 10.6 Å². The molecule has 0 aliphatic carbocycles. The van der Waals surface area contributed by atoms with Gasteiger partial charge in [-0.15, -0.1) is 0 Å². The van der Waals surface area contributed by atoms with Gasteiger partial charge in [-0.25, -0.2) is 4.39 Å². The van der Waals surface area contributed by atoms with Gasteiger partial charge in [-0.3, -0.25) is 9.59 Å². The van der Waals surface area contributed by atoms with E-state index in [9.17, 15) is 14.0 Å². The Labute approximate surface area is 112 Å². The summed E-state index contributed by atoms with van der Waals surface area (Å²) in [4.78, 5) is 23.0. The molecule has 0 radical (unpaired) electrons. The van der Waals surface area contributed by atoms with Crippen molar-refractivity contribution < 1.29 is 14.0 Å². The van der Waals surface area contributed by atoms with Gasteiger partial charge in [-0.05, 0) is 31.0 Å². The summed E-state index contributed by atoms with van der Waals surface area (Å²) in [5, 5.41) is 5.25. The predicted octanol–water partition coefficient (Wildman–Crippen LogP) is 1.40. The Kier molecular flexibility index (Phi) is 5.99. The minimum atomic E-state index is -0.375. The number of carbonyl (C=O) groups is 2. The van der Waals surface area contributed by atoms with Crippen LogP contribution in [0.15, 0.2) is 24.3 Å². The van der Waals surface area contributed by atoms with Gasteiger partial charge in [0, 0.05) is 6.04 Å². The lowest BCUT2D eigenvalue weighted by atomic mass is 10.1. The Morgan fingerprint density at radius 1 is 1.32 bits per heavy atom. The largest absolute Gasteiger partial charge is 0.352 e. The molecule has 2 amide bonds. The molecule has 1 aromatic rings. The Hall–Kier alpha value is -1.91. The zero-order chi connectivity index (χ0) is 14.3. The molecule has 0 aromatic heterocycles. The molecule has 2 N–H and O–H groups in total. The molecular formula is C14H19FN2O2. The van der Waals surface area contributed by atoms with Gasteiger partial charge < -0.3 is 10.6 Å². The standard InChI is InChI=1S/C14H19FN2O2/c1-3-10(2)17-14(19)9-16-13(18)8-11-5-4-6-12(15)7-11/h4-7,10H,3,8-9H2,1-2H3,(H,16,18)(H,17,19). The Balaban J connectivity index is 2.34. The Morgan fingerprint density at radius 3 is 2.68 bits per heavy atom. The summed E-state index contributed by atoms with van der Waals surface area (Å²) in [6, 6.07) is 5.93. The van der Waals surface area contributed by atoms with Crippen molar-refractivity contribution in [3.63, 3.8) is 0 Å². The molecule has 1 unspecified atom stereocenters. The Morgan fingerprint density at radius 2 is 2.05 bits per heavy atom. The fourth-order valence-electron chi connectivity index (χ4n) is 1.50. The van der Waals surface area contributed by atoms with Crippen LogP contribution in [0, 0.1) is 5.82 Å². The lowest BCUT2D eigenvalue weighted by Crippen LogP contribution is -2.41. The monoisotopic (exact) mass is 266 g/mol. The molecule has 104 valence electrons. The number of benzene rings is 1. The zero-order valence-corrected chi connectivity index (χ0v) is 11.2. The summed E-state index contributed by atoms with van der Waals surface area (Å²) in [6.45, 7) is 3.80. The first kappa shape index (κ1) is 15.1. The van der Waals surface area contributed by atoms with Crippen LogP contribution >= 0.6 is 0 Å². The first-order valence-corrected chi connectivity index (χ1v) is 6.31. The molecule has 19 heavy (non-hydrogen) atoms. The van der Waals surface area contributed by atoms with Crippen LogP contribution in [0.4, 0.5) is 4.39 Å². The highest BCUT2D eigenvalue weighted by atomic mass is 19.1. The summed E-state index contributed by atoms with van der Waals surface area (Å²) < 4.78 is 12.9. The van der Waals surface area contributed by atoms with Gasteiger partial charge in [-0.1, -0.05) is 19.1 Å². The number of halogens is 1. The molecule has 0 bridgehead atoms. The second-order valence-corrected chi connectivity index (χ2v) is 4.46. The quantitative estimate of drug-likeness (QED) is 0.817. The summed E-state index contributed by atoms with van der Waals surface area (Å²) in [5.74, 6) is -0.897. The maximum Gasteiger partial charge on any atom is 0.239 e. The molecule has 0 aliphatic rings. The summed E-state index contributed by atoms with van der Waals surface area (Å²) in [5.41, 5.74) is 0.583. The van der Waals surface area contributed by atoms with E-state index in [0.29, 0.717) is 5.56 Å². The van der Waals surface area contributed by atoms with E-state index in [1.165, 1.54) is 12.1 Å². The third-order valence-electron chi connectivity index (χ3n) is 2.72. The smallest absolute Gasteiger partial charge is 0.239 e. The van der Waals surface area contributed by atoms with Crippen molar-refractivity contribution in [2.45, 2.75) is 32.7 Å². The van der Waals surface area contributed by atoms with Crippen LogP contribution in [0.1, 0.15) is 25.8 Å². The summed E-state index contributed by atoms with van der Waals surface area (Å²) >= 11 is 0. The molecule has 0 saturated carbocycles. The van der Waals surface area contributed by atoms with E-state index in [1.807, 2.05) is 13.8 Å². The minimum Gasteiger partial charge on any atom is -0.352 e. The van der Waals surface area contributed by atoms with E-state index < -0.39 is 0 Å². The van der Waals surface area contributed by atoms with Crippen LogP contribution in [-0.4, -0.2) is 24.4 Å². The molecule has 4 nitrogen and oxygen atoms in total. The predicted molar refractivity (Wildman–Crippen MR) is 71.0 cm³/mol. The fourth-order valence-corrected chi connectivity index (χ4v) is 1.50. The number of amides is 2. The third-order valence-corrected chi connectivity index (χ3v) is 2.72. The van der Waals surface area contributed by atoms with Crippen LogP contribution < -0.4 is 10.6 Å². The van der Waals surface area contributed by atoms with E-state index in [0.717, 1.165) is 6.42 Å². The highest BCUT2D eigenvalue weighted by molar-refractivity contribution is 5.85. The minimum absolute atomic E-state index is 0.0571. The van der Waals surface area contributed by atoms with Crippen LogP contribution in [-0.2, 0) is 16.0 Å². The molecule has 1 atom stereocenters. The molecule has 0 aliphatic heterocycles. The zero-order valence-electron chi connectivity index (χ0n) is 11.2. The molecule has 1 aromatic carbocycles. The average molecular weight is 266 g/mol. The first-order chi connectivity index (χ1) is 9.01. The highest BCUT2D eigenvalue weighted by Gasteiger charge is 2.08. The van der Waals surface area contributed by atoms with Gasteiger partial charge in [-0.2, -0.15) is 0 Å². The van der Waals surface area contributed by atoms with Crippen LogP contribution in [0.3, 0.4) is 0 Å². The molecular weight excluding hydrogens is 247 g/mol. The van der Waals surface area contributed by atoms with Crippen LogP contribution in [0.25, 0.3) is 0 Å². The maximum atomic E-state index is 12.9. The number of carbonyl (C=O) groups excluding carboxylic acids is 2. The van der Waals surface area contributed by atoms with Crippen molar-refractivity contribution in [2.75, 3.05) is 6.54 Å². The fraction of sp³-hybridized carbons (Fsp3) is 0.429. The van der Waals surface area contributed by atoms with Crippen molar-refractivity contribution in [3.8, 4) is 0 Å². The van der Waals surface area contributed by atoms with Crippen LogP contribution in [0.5, 0.6) is 0 Å². The lowest BCUT2D eigenvalue weighted by Gasteiger charge is -2.11. The van der Waals surface area contributed by atoms with Gasteiger partial charge >= 0.3 is 0 Å². The van der Waals surface area contributed by atoms with E-state index in [4.69, 9.17) is 0 Å². The molecule has 0 spiro atoms. The SMILES string of the molecule is CCC(C)NC(=O)CNC(=O)Cc1cccc(F)c1. The second-order valence-electron chi connectivity index (χ2n) is 4.46. The summed E-state index contributed by atoms with van der Waals surface area (Å²) in [7, 11) is 0. The Bertz CT molecular complexity index is 449. The van der Waals surface area contributed by atoms with Crippen molar-refractivity contribution in [1.82, 2.24) is 10.6 Å². The maximum absolute atomic E-state index is 12.9. The van der Waals surface area contributed by atoms with Crippen molar-refractivity contribution in [1.29, 1.82) is 0 Å². The average Bonchev–Trinajstić information content (AvgIpc) is 2.36. The molecule has 1 rings (SSSR count). The number of nitrogens with one attached hydrogen (secondary N) is 2. The number of hydrogen-bond donors (Lipinski definition) is 2. The van der Waals surface area contributed by atoms with Gasteiger partial charge in [0.2, 0.25) is 11.8 Å². The number of hydrogen-bond acceptors (Lipinski definition) is 2. The lowest BCUT2D eigenvalue weighted by molar-refractivity contribution is -0.126. The first-order valence-electron chi connectivity index (χ1n) is 6.31. The summed E-state index contributed by atoms with van der Waals surface area (Å²) in [6.07, 6.45) is 0.900. The normalized spacial score (nSPS) is 11.7. The van der Waals surface area contributed by atoms with E-state index >= 15 is 0 Å². The van der Waals surface area contributed by atoms with Crippen molar-refractivity contribution in [2.24, 2.45) is 0 Å². The van der Waals surface area contributed by atoms with Gasteiger partial charge in [0.25, 0.3) is 0 Å². The second kappa shape index (κ2) is 7.51. The third kappa shape index (κ3) is 5.99. The van der Waals surface area contributed by atoms with Gasteiger partial charge in [0.05, 0.1) is 13.0 Å². The molecule has 0 heterocycles. The van der Waals surface area contributed by atoms with Crippen molar-refractivity contribution >= 4 is 11.8 Å². The van der Waals surface area contributed by atoms with Gasteiger partial charge in [0.15, 0.2) is 0 Å². The van der Waals surface area contributed by atoms with Gasteiger partial charge in [0.1, 0.15) is 5.82 Å². The molecule has 5 heteroatoms. The highest BCUT2D eigenvalue weighted by Crippen LogP contribution is 2.03. The number of rotatable bonds is 6. The molecule has 0 fully saturated rings. The van der Waals surface area contributed by atoms with Crippen LogP contribution in [0.2, 0.25) is 0 Å². The van der Waals surface area contributed by atoms with E-state index in [1.54, 1.807) is 12.1 Å².